The van der Waals surface area contributed by atoms with Gasteiger partial charge >= 0.3 is 0 Å². The smallest absolute Gasteiger partial charge is 0.245 e. The van der Waals surface area contributed by atoms with Crippen molar-refractivity contribution in [3.05, 3.63) is 288 Å². The van der Waals surface area contributed by atoms with Gasteiger partial charge in [-0.05, 0) is 76.2 Å². The highest BCUT2D eigenvalue weighted by atomic mass is 32.2. The maximum absolute atomic E-state index is 16.3. The molecular weight excluding hydrogens is 1060 g/mol. The Morgan fingerprint density at radius 3 is 1.20 bits per heavy atom. The van der Waals surface area contributed by atoms with Crippen molar-refractivity contribution in [1.82, 2.24) is 30.4 Å². The van der Waals surface area contributed by atoms with Gasteiger partial charge in [-0.3, -0.25) is 19.7 Å². The van der Waals surface area contributed by atoms with E-state index in [9.17, 15) is 4.79 Å². The van der Waals surface area contributed by atoms with Crippen molar-refractivity contribution in [2.24, 2.45) is 0 Å². The maximum atomic E-state index is 16.3. The van der Waals surface area contributed by atoms with E-state index >= 15 is 9.59 Å². The van der Waals surface area contributed by atoms with Crippen molar-refractivity contribution in [3.63, 3.8) is 0 Å². The third-order valence-electron chi connectivity index (χ3n) is 16.6. The average Bonchev–Trinajstić information content (AvgIpc) is 2.00. The van der Waals surface area contributed by atoms with E-state index in [1.54, 1.807) is 11.8 Å². The van der Waals surface area contributed by atoms with Gasteiger partial charge in [-0.2, -0.15) is 0 Å². The fourth-order valence-corrected chi connectivity index (χ4v) is 13.8. The van der Waals surface area contributed by atoms with Crippen molar-refractivity contribution in [2.45, 2.75) is 35.2 Å². The summed E-state index contributed by atoms with van der Waals surface area (Å²) in [6.07, 6.45) is 0.186. The molecule has 2 saturated heterocycles. The number of nitrogens with zero attached hydrogens (tertiary/aromatic N) is 6. The molecule has 420 valence electrons. The SMILES string of the molecule is O=C(NC(CCC(=O)N1CCN(c2ccc3ccccc3n2)CC1)C(=O)N1CCN(c2ccc3ccccc3n2)CC1)C(CSC(c1ccccc1)(c1ccccc1)c1ccccc1)NC(c1ccccc1)(c1ccccc1)c1ccccc1. The Morgan fingerprint density at radius 2 is 0.786 bits per heavy atom. The van der Waals surface area contributed by atoms with Crippen LogP contribution in [-0.4, -0.2) is 108 Å². The molecule has 2 aliphatic rings. The van der Waals surface area contributed by atoms with Crippen LogP contribution >= 0.6 is 11.8 Å². The molecule has 84 heavy (non-hydrogen) atoms. The molecule has 0 aliphatic carbocycles. The lowest BCUT2D eigenvalue weighted by molar-refractivity contribution is -0.138. The molecule has 2 aliphatic heterocycles. The van der Waals surface area contributed by atoms with Gasteiger partial charge in [0, 0.05) is 75.3 Å². The minimum absolute atomic E-state index is 0.0554. The average molecular weight is 1130 g/mol. The second-order valence-corrected chi connectivity index (χ2v) is 22.9. The standard InChI is InChI=1S/C72H68N8O3S/c81-68(79-49-45-77(46-50-79)66-42-39-54-23-19-21-37-62(54)73-66)44-41-64(70(83)80-51-47-78(48-52-80)67-43-40-55-24-20-22-38-63(55)74-67)75-69(82)65(76-71(56-25-7-1-8-26-56,57-27-9-2-10-28-57)58-29-11-3-12-30-58)53-84-72(59-31-13-4-14-32-59,60-33-15-5-16-34-60)61-35-17-6-18-36-61/h1-40,42-43,64-65,76H,41,44-53H2,(H,75,82). The molecule has 10 aromatic rings. The molecule has 0 saturated carbocycles. The van der Waals surface area contributed by atoms with E-state index in [1.807, 2.05) is 131 Å². The number of thioether (sulfide) groups is 1. The van der Waals surface area contributed by atoms with Crippen LogP contribution in [0.4, 0.5) is 11.6 Å². The topological polar surface area (TPSA) is 114 Å². The summed E-state index contributed by atoms with van der Waals surface area (Å²) in [4.78, 5) is 64.4. The number of amides is 3. The number of carbonyl (C=O) groups excluding carboxylic acids is 3. The number of carbonyl (C=O) groups is 3. The summed E-state index contributed by atoms with van der Waals surface area (Å²) in [5.74, 6) is 1.38. The molecule has 2 atom stereocenters. The Morgan fingerprint density at radius 1 is 0.417 bits per heavy atom. The first-order valence-corrected chi connectivity index (χ1v) is 30.2. The zero-order valence-electron chi connectivity index (χ0n) is 47.0. The van der Waals surface area contributed by atoms with Crippen molar-refractivity contribution in [2.75, 3.05) is 67.9 Å². The van der Waals surface area contributed by atoms with Crippen LogP contribution in [-0.2, 0) is 24.7 Å². The Hall–Kier alpha value is -9.10. The summed E-state index contributed by atoms with van der Waals surface area (Å²) >= 11 is 1.69. The van der Waals surface area contributed by atoms with Crippen molar-refractivity contribution in [1.29, 1.82) is 0 Å². The van der Waals surface area contributed by atoms with Crippen LogP contribution in [0.1, 0.15) is 46.2 Å². The molecule has 2 unspecified atom stereocenters. The number of piperazine rings is 2. The van der Waals surface area contributed by atoms with Gasteiger partial charge in [-0.25, -0.2) is 9.97 Å². The van der Waals surface area contributed by atoms with Gasteiger partial charge in [0.2, 0.25) is 17.7 Å². The number of nitrogens with one attached hydrogen (secondary N) is 2. The Kier molecular flexibility index (Phi) is 16.9. The molecule has 12 heteroatoms. The highest BCUT2D eigenvalue weighted by Gasteiger charge is 2.44. The third-order valence-corrected chi connectivity index (χ3v) is 18.3. The molecule has 11 nitrogen and oxygen atoms in total. The van der Waals surface area contributed by atoms with E-state index in [0.717, 1.165) is 66.8 Å². The summed E-state index contributed by atoms with van der Waals surface area (Å²) < 4.78 is -0.783. The molecule has 3 amide bonds. The molecule has 12 rings (SSSR count). The van der Waals surface area contributed by atoms with Gasteiger partial charge < -0.3 is 24.9 Å². The zero-order valence-corrected chi connectivity index (χ0v) is 47.8. The molecule has 0 spiro atoms. The number of pyridine rings is 2. The number of hydrogen-bond acceptors (Lipinski definition) is 9. The Bertz CT molecular complexity index is 3620. The fraction of sp³-hybridized carbons (Fsp3) is 0.208. The van der Waals surface area contributed by atoms with E-state index in [1.165, 1.54) is 0 Å². The minimum atomic E-state index is -1.06. The van der Waals surface area contributed by atoms with Crippen LogP contribution in [0.3, 0.4) is 0 Å². The summed E-state index contributed by atoms with van der Waals surface area (Å²) in [6.45, 7) is 4.23. The largest absolute Gasteiger partial charge is 0.353 e. The van der Waals surface area contributed by atoms with E-state index in [4.69, 9.17) is 9.97 Å². The van der Waals surface area contributed by atoms with Gasteiger partial charge in [0.15, 0.2) is 0 Å². The molecule has 2 fully saturated rings. The Balaban J connectivity index is 0.894. The predicted octanol–water partition coefficient (Wildman–Crippen LogP) is 11.7. The molecule has 0 radical (unpaired) electrons. The molecule has 4 heterocycles. The lowest BCUT2D eigenvalue weighted by atomic mass is 9.76. The van der Waals surface area contributed by atoms with E-state index in [-0.39, 0.29) is 36.3 Å². The maximum Gasteiger partial charge on any atom is 0.245 e. The number of hydrogen-bond donors (Lipinski definition) is 2. The second-order valence-electron chi connectivity index (χ2n) is 21.6. The molecule has 2 N–H and O–H groups in total. The normalized spacial score (nSPS) is 14.7. The van der Waals surface area contributed by atoms with Crippen molar-refractivity contribution >= 4 is 62.9 Å². The Labute approximate surface area is 496 Å². The quantitative estimate of drug-likeness (QED) is 0.0764. The second kappa shape index (κ2) is 25.6. The van der Waals surface area contributed by atoms with Crippen LogP contribution in [0.5, 0.6) is 0 Å². The molecular formula is C72H68N8O3S. The van der Waals surface area contributed by atoms with Crippen LogP contribution in [0.25, 0.3) is 21.8 Å². The van der Waals surface area contributed by atoms with Gasteiger partial charge in [-0.1, -0.05) is 218 Å². The lowest BCUT2D eigenvalue weighted by Crippen LogP contribution is -2.60. The predicted molar refractivity (Wildman–Crippen MR) is 340 cm³/mol. The van der Waals surface area contributed by atoms with Gasteiger partial charge in [-0.15, -0.1) is 11.8 Å². The number of para-hydroxylation sites is 2. The monoisotopic (exact) mass is 1120 g/mol. The van der Waals surface area contributed by atoms with E-state index in [2.05, 4.69) is 154 Å². The van der Waals surface area contributed by atoms with Crippen LogP contribution < -0.4 is 20.4 Å². The van der Waals surface area contributed by atoms with Gasteiger partial charge in [0.1, 0.15) is 17.7 Å². The fourth-order valence-electron chi connectivity index (χ4n) is 12.2. The molecule has 0 bridgehead atoms. The van der Waals surface area contributed by atoms with Crippen LogP contribution in [0, 0.1) is 0 Å². The first kappa shape index (κ1) is 55.4. The summed E-state index contributed by atoms with van der Waals surface area (Å²) in [7, 11) is 0. The molecule has 8 aromatic carbocycles. The number of benzene rings is 8. The number of anilines is 2. The van der Waals surface area contributed by atoms with E-state index in [0.29, 0.717) is 52.4 Å². The van der Waals surface area contributed by atoms with Crippen LogP contribution in [0.2, 0.25) is 0 Å². The van der Waals surface area contributed by atoms with Crippen molar-refractivity contribution < 1.29 is 14.4 Å². The molecule has 2 aromatic heterocycles. The summed E-state index contributed by atoms with van der Waals surface area (Å²) in [5, 5.41) is 9.63. The van der Waals surface area contributed by atoms with Crippen molar-refractivity contribution in [3.8, 4) is 0 Å². The summed E-state index contributed by atoms with van der Waals surface area (Å²) in [5.41, 5.74) is 6.80. The van der Waals surface area contributed by atoms with Crippen LogP contribution in [0.15, 0.2) is 255 Å². The van der Waals surface area contributed by atoms with Gasteiger partial charge in [0.25, 0.3) is 0 Å². The third kappa shape index (κ3) is 11.8. The minimum Gasteiger partial charge on any atom is -0.353 e. The number of fused-ring (bicyclic) bond motifs is 2. The zero-order chi connectivity index (χ0) is 57.1. The number of rotatable bonds is 19. The highest BCUT2D eigenvalue weighted by molar-refractivity contribution is 8.00. The summed E-state index contributed by atoms with van der Waals surface area (Å²) in [6, 6.07) is 84.9. The van der Waals surface area contributed by atoms with Gasteiger partial charge in [0.05, 0.1) is 27.4 Å². The first-order chi connectivity index (χ1) is 41.4. The highest BCUT2D eigenvalue weighted by Crippen LogP contribution is 2.49. The van der Waals surface area contributed by atoms with E-state index < -0.39 is 22.4 Å². The first-order valence-electron chi connectivity index (χ1n) is 29.2. The number of aromatic nitrogens is 2. The lowest BCUT2D eigenvalue weighted by Gasteiger charge is -2.42.